The van der Waals surface area contributed by atoms with Gasteiger partial charge in [0.15, 0.2) is 11.2 Å². The minimum atomic E-state index is -3.07. The highest BCUT2D eigenvalue weighted by molar-refractivity contribution is 5.69. The summed E-state index contributed by atoms with van der Waals surface area (Å²) >= 11 is 0. The number of hydrogen-bond donors (Lipinski definition) is 0. The van der Waals surface area contributed by atoms with Crippen molar-refractivity contribution >= 4 is 11.2 Å². The molecule has 7 heteroatoms. The summed E-state index contributed by atoms with van der Waals surface area (Å²) in [5.41, 5.74) is -0.748. The van der Waals surface area contributed by atoms with E-state index in [4.69, 9.17) is 6.85 Å². The molecule has 0 spiro atoms. The SMILES string of the molecule is [2H]C([2H])([2H])[C@@H](F)C([2H])([2H])CCCn1c(=O)c2c(ncn2C)n(C)c1=O. The van der Waals surface area contributed by atoms with Crippen LogP contribution in [-0.4, -0.2) is 24.9 Å². The zero-order chi connectivity index (χ0) is 19.2. The predicted octanol–water partition coefficient (Wildman–Crippen LogP) is 0.962. The van der Waals surface area contributed by atoms with Crippen molar-refractivity contribution in [3.63, 3.8) is 0 Å². The van der Waals surface area contributed by atoms with Crippen LogP contribution >= 0.6 is 0 Å². The number of hydrogen-bond acceptors (Lipinski definition) is 3. The number of alkyl halides is 1. The largest absolute Gasteiger partial charge is 0.332 e. The Balaban J connectivity index is 2.26. The number of imidazole rings is 1. The molecule has 0 saturated heterocycles. The van der Waals surface area contributed by atoms with E-state index >= 15 is 0 Å². The zero-order valence-electron chi connectivity index (χ0n) is 16.3. The lowest BCUT2D eigenvalue weighted by Crippen LogP contribution is -2.39. The monoisotopic (exact) mass is 287 g/mol. The Hall–Kier alpha value is -1.92. The van der Waals surface area contributed by atoms with Gasteiger partial charge < -0.3 is 4.57 Å². The summed E-state index contributed by atoms with van der Waals surface area (Å²) < 4.78 is 53.5. The maximum atomic E-state index is 13.8. The van der Waals surface area contributed by atoms with E-state index in [0.29, 0.717) is 0 Å². The summed E-state index contributed by atoms with van der Waals surface area (Å²) in [5, 5.41) is 0. The van der Waals surface area contributed by atoms with Crippen molar-refractivity contribution < 1.29 is 11.2 Å². The highest BCUT2D eigenvalue weighted by Gasteiger charge is 2.14. The van der Waals surface area contributed by atoms with E-state index in [0.717, 1.165) is 4.57 Å². The Bertz CT molecular complexity index is 899. The quantitative estimate of drug-likeness (QED) is 0.823. The van der Waals surface area contributed by atoms with Crippen LogP contribution < -0.4 is 11.2 Å². The highest BCUT2D eigenvalue weighted by Crippen LogP contribution is 2.06. The maximum absolute atomic E-state index is 13.8. The second-order valence-corrected chi connectivity index (χ2v) is 4.50. The lowest BCUT2D eigenvalue weighted by atomic mass is 10.2. The first kappa shape index (κ1) is 9.10. The zero-order valence-corrected chi connectivity index (χ0v) is 11.3. The molecule has 0 amide bonds. The van der Waals surface area contributed by atoms with E-state index in [2.05, 4.69) is 4.98 Å². The first-order valence-electron chi connectivity index (χ1n) is 8.63. The first-order valence-corrected chi connectivity index (χ1v) is 6.13. The molecule has 0 fully saturated rings. The van der Waals surface area contributed by atoms with Crippen LogP contribution in [-0.2, 0) is 20.6 Å². The van der Waals surface area contributed by atoms with Crippen molar-refractivity contribution in [3.05, 3.63) is 27.2 Å². The maximum Gasteiger partial charge on any atom is 0.332 e. The van der Waals surface area contributed by atoms with Crippen molar-refractivity contribution in [2.24, 2.45) is 14.1 Å². The van der Waals surface area contributed by atoms with Crippen molar-refractivity contribution in [2.75, 3.05) is 0 Å². The summed E-state index contributed by atoms with van der Waals surface area (Å²) in [5.74, 6) is 0. The second-order valence-electron chi connectivity index (χ2n) is 4.50. The molecule has 0 aliphatic rings. The van der Waals surface area contributed by atoms with Crippen molar-refractivity contribution in [1.29, 1.82) is 0 Å². The Kier molecular flexibility index (Phi) is 2.55. The fraction of sp³-hybridized carbons (Fsp3) is 0.615. The summed E-state index contributed by atoms with van der Waals surface area (Å²) in [7, 11) is 3.06. The van der Waals surface area contributed by atoms with Gasteiger partial charge in [0.2, 0.25) is 0 Å². The lowest BCUT2D eigenvalue weighted by molar-refractivity contribution is 0.328. The van der Waals surface area contributed by atoms with Gasteiger partial charge in [-0.2, -0.15) is 0 Å². The number of nitrogens with zero attached hydrogens (tertiary/aromatic N) is 4. The molecule has 2 aromatic rings. The third kappa shape index (κ3) is 2.52. The molecule has 0 radical (unpaired) electrons. The van der Waals surface area contributed by atoms with Crippen LogP contribution in [0.5, 0.6) is 0 Å². The fourth-order valence-electron chi connectivity index (χ4n) is 2.06. The van der Waals surface area contributed by atoms with Gasteiger partial charge in [-0.05, 0) is 26.1 Å². The second kappa shape index (κ2) is 5.60. The minimum absolute atomic E-state index is 0.0675. The van der Waals surface area contributed by atoms with Crippen LogP contribution in [0.25, 0.3) is 11.2 Å². The van der Waals surface area contributed by atoms with E-state index in [1.165, 1.54) is 22.5 Å². The van der Waals surface area contributed by atoms with Crippen LogP contribution in [0.4, 0.5) is 4.39 Å². The van der Waals surface area contributed by atoms with Crippen LogP contribution in [0, 0.1) is 0 Å². The summed E-state index contributed by atoms with van der Waals surface area (Å²) in [4.78, 5) is 28.7. The predicted molar refractivity (Wildman–Crippen MR) is 74.6 cm³/mol. The molecule has 0 bridgehead atoms. The van der Waals surface area contributed by atoms with Gasteiger partial charge in [-0.25, -0.2) is 14.2 Å². The molecule has 6 nitrogen and oxygen atoms in total. The Morgan fingerprint density at radius 3 is 2.90 bits per heavy atom. The summed E-state index contributed by atoms with van der Waals surface area (Å²) in [6, 6.07) is 0. The van der Waals surface area contributed by atoms with E-state index in [1.807, 2.05) is 0 Å². The van der Waals surface area contributed by atoms with Crippen molar-refractivity contribution in [1.82, 2.24) is 18.7 Å². The molecule has 0 aromatic carbocycles. The molecule has 0 saturated carbocycles. The van der Waals surface area contributed by atoms with Crippen molar-refractivity contribution in [2.45, 2.75) is 38.8 Å². The Labute approximate surface area is 122 Å². The van der Waals surface area contributed by atoms with Crippen molar-refractivity contribution in [3.8, 4) is 0 Å². The molecule has 0 aliphatic carbocycles. The molecular formula is C13H19FN4O2. The average molecular weight is 287 g/mol. The van der Waals surface area contributed by atoms with E-state index in [9.17, 15) is 14.0 Å². The third-order valence-corrected chi connectivity index (χ3v) is 3.08. The molecule has 0 aliphatic heterocycles. The summed E-state index contributed by atoms with van der Waals surface area (Å²) in [6.45, 7) is -3.22. The lowest BCUT2D eigenvalue weighted by Gasteiger charge is -2.08. The van der Waals surface area contributed by atoms with Gasteiger partial charge in [0.1, 0.15) is 0 Å². The standard InChI is InChI=1S/C13H19FN4O2/c1-9(14)6-4-5-7-18-12(19)10-11(15-8-16(10)2)17(3)13(18)20/h8-9H,4-7H2,1-3H3/t9-/m1/s1/i1D3,6D2. The van der Waals surface area contributed by atoms with Gasteiger partial charge in [0.25, 0.3) is 5.56 Å². The molecule has 2 rings (SSSR count). The molecule has 110 valence electrons. The number of aryl methyl sites for hydroxylation is 2. The normalized spacial score (nSPS) is 18.1. The smallest absolute Gasteiger partial charge is 0.328 e. The van der Waals surface area contributed by atoms with E-state index in [-0.39, 0.29) is 24.1 Å². The van der Waals surface area contributed by atoms with E-state index in [1.54, 1.807) is 7.05 Å². The van der Waals surface area contributed by atoms with Gasteiger partial charge in [0, 0.05) is 27.5 Å². The van der Waals surface area contributed by atoms with Crippen LogP contribution in [0.1, 0.15) is 32.9 Å². The molecule has 1 atom stereocenters. The fourth-order valence-corrected chi connectivity index (χ4v) is 2.06. The average Bonchev–Trinajstić information content (AvgIpc) is 2.88. The van der Waals surface area contributed by atoms with E-state index < -0.39 is 37.1 Å². The topological polar surface area (TPSA) is 61.8 Å². The molecular weight excluding hydrogens is 263 g/mol. The van der Waals surface area contributed by atoms with Crippen LogP contribution in [0.15, 0.2) is 15.9 Å². The molecule has 0 unspecified atom stereocenters. The van der Waals surface area contributed by atoms with Gasteiger partial charge in [-0.3, -0.25) is 13.9 Å². The number of aromatic nitrogens is 4. The van der Waals surface area contributed by atoms with Gasteiger partial charge in [-0.1, -0.05) is 0 Å². The Morgan fingerprint density at radius 2 is 2.20 bits per heavy atom. The van der Waals surface area contributed by atoms with Gasteiger partial charge >= 0.3 is 5.69 Å². The molecule has 2 aromatic heterocycles. The molecule has 2 heterocycles. The number of fused-ring (bicyclic) bond motifs is 1. The Morgan fingerprint density at radius 1 is 1.45 bits per heavy atom. The number of halogens is 1. The molecule has 20 heavy (non-hydrogen) atoms. The minimum Gasteiger partial charge on any atom is -0.328 e. The third-order valence-electron chi connectivity index (χ3n) is 3.08. The highest BCUT2D eigenvalue weighted by atomic mass is 19.1. The van der Waals surface area contributed by atoms with Gasteiger partial charge in [0.05, 0.1) is 12.5 Å². The first-order chi connectivity index (χ1) is 11.4. The molecule has 0 N–H and O–H groups in total. The van der Waals surface area contributed by atoms with Gasteiger partial charge in [-0.15, -0.1) is 0 Å². The summed E-state index contributed by atoms with van der Waals surface area (Å²) in [6.07, 6.45) is -4.33. The van der Waals surface area contributed by atoms with Crippen LogP contribution in [0.2, 0.25) is 0 Å². The van der Waals surface area contributed by atoms with Crippen LogP contribution in [0.3, 0.4) is 0 Å². The number of rotatable bonds is 5.